The first-order valence-electron chi connectivity index (χ1n) is 9.85. The molecule has 0 saturated carbocycles. The minimum Gasteiger partial charge on any atom is -0.494 e. The van der Waals surface area contributed by atoms with Gasteiger partial charge in [0.1, 0.15) is 17.6 Å². The smallest absolute Gasteiger partial charge is 0.345 e. The number of benzene rings is 1. The highest BCUT2D eigenvalue weighted by molar-refractivity contribution is 7.18. The van der Waals surface area contributed by atoms with Gasteiger partial charge in [0.15, 0.2) is 0 Å². The number of anilines is 1. The molecule has 3 rings (SSSR count). The van der Waals surface area contributed by atoms with Crippen LogP contribution in [0, 0.1) is 10.1 Å². The molecule has 1 N–H and O–H groups in total. The second-order valence-electron chi connectivity index (χ2n) is 8.09. The molecule has 0 saturated heterocycles. The highest BCUT2D eigenvalue weighted by Gasteiger charge is 2.37. The Labute approximate surface area is 183 Å². The molecule has 10 nitrogen and oxygen atoms in total. The minimum atomic E-state index is -0.806. The van der Waals surface area contributed by atoms with Crippen LogP contribution >= 0.6 is 11.3 Å². The number of aliphatic carboxylic acids is 1. The largest absolute Gasteiger partial charge is 0.494 e. The first kappa shape index (κ1) is 22.6. The number of nitrogens with zero attached hydrogens (tertiary/aromatic N) is 5. The molecule has 1 unspecified atom stereocenters. The highest BCUT2D eigenvalue weighted by atomic mass is 32.1. The second kappa shape index (κ2) is 8.96. The average molecular weight is 448 g/mol. The fourth-order valence-corrected chi connectivity index (χ4v) is 4.59. The molecule has 1 atom stereocenters. The molecule has 2 heterocycles. The summed E-state index contributed by atoms with van der Waals surface area (Å²) in [6.07, 6.45) is 2.71. The predicted octanol–water partition coefficient (Wildman–Crippen LogP) is 5.43. The van der Waals surface area contributed by atoms with E-state index in [4.69, 9.17) is 9.84 Å². The third kappa shape index (κ3) is 4.98. The average Bonchev–Trinajstić information content (AvgIpc) is 3.17. The van der Waals surface area contributed by atoms with Gasteiger partial charge in [-0.05, 0) is 55.6 Å². The molecule has 0 aliphatic carbocycles. The van der Waals surface area contributed by atoms with E-state index in [1.807, 2.05) is 12.1 Å². The van der Waals surface area contributed by atoms with E-state index in [-0.39, 0.29) is 28.0 Å². The van der Waals surface area contributed by atoms with Crippen molar-refractivity contribution in [3.63, 3.8) is 0 Å². The Bertz CT molecular complexity index is 1020. The van der Waals surface area contributed by atoms with Crippen molar-refractivity contribution in [3.05, 3.63) is 34.0 Å². The van der Waals surface area contributed by atoms with Crippen LogP contribution in [0.4, 0.5) is 21.5 Å². The van der Waals surface area contributed by atoms with Crippen LogP contribution in [0.25, 0.3) is 0 Å². The van der Waals surface area contributed by atoms with E-state index in [0.717, 1.165) is 35.2 Å². The summed E-state index contributed by atoms with van der Waals surface area (Å²) in [5.41, 5.74) is 2.44. The molecule has 1 aromatic carbocycles. The van der Waals surface area contributed by atoms with Crippen molar-refractivity contribution < 1.29 is 19.6 Å². The Balaban J connectivity index is 1.96. The third-order valence-electron chi connectivity index (χ3n) is 5.36. The van der Waals surface area contributed by atoms with Gasteiger partial charge in [0.2, 0.25) is 5.13 Å². The molecule has 166 valence electrons. The van der Waals surface area contributed by atoms with Crippen LogP contribution in [0.1, 0.15) is 51.5 Å². The van der Waals surface area contributed by atoms with E-state index in [1.165, 1.54) is 0 Å². The maximum atomic E-state index is 11.0. The molecule has 0 spiro atoms. The van der Waals surface area contributed by atoms with Gasteiger partial charge in [-0.25, -0.2) is 4.98 Å². The van der Waals surface area contributed by atoms with Crippen LogP contribution in [-0.4, -0.2) is 40.2 Å². The number of methoxy groups -OCH3 is 1. The van der Waals surface area contributed by atoms with Gasteiger partial charge in [-0.3, -0.25) is 14.9 Å². The van der Waals surface area contributed by atoms with Crippen molar-refractivity contribution in [2.24, 2.45) is 10.2 Å². The molecular weight excluding hydrogens is 422 g/mol. The fraction of sp³-hybridized carbons (Fsp3) is 0.500. The summed E-state index contributed by atoms with van der Waals surface area (Å²) in [5.74, 6) is -0.0395. The Kier molecular flexibility index (Phi) is 6.54. The monoisotopic (exact) mass is 447 g/mol. The number of carboxylic acid groups (broad SMARTS) is 1. The van der Waals surface area contributed by atoms with Gasteiger partial charge in [-0.2, -0.15) is 0 Å². The summed E-state index contributed by atoms with van der Waals surface area (Å²) < 4.78 is 5.54. The fourth-order valence-electron chi connectivity index (χ4n) is 4.03. The van der Waals surface area contributed by atoms with Crippen molar-refractivity contribution in [2.75, 3.05) is 18.6 Å². The zero-order valence-corrected chi connectivity index (χ0v) is 18.7. The lowest BCUT2D eigenvalue weighted by atomic mass is 9.79. The summed E-state index contributed by atoms with van der Waals surface area (Å²) in [7, 11) is 1.54. The summed E-state index contributed by atoms with van der Waals surface area (Å²) in [6.45, 7) is 7.07. The van der Waals surface area contributed by atoms with Gasteiger partial charge in [0.05, 0.1) is 12.0 Å². The standard InChI is InChI=1S/C20H25N5O5S/c1-12-10-20(2,3)24(7-5-6-18(26)27)15-9-16(30-4)14(8-13(12)15)22-23-19-21-11-17(31-19)25(28)29/h8-9,11-12H,5-7,10H2,1-4H3,(H,26,27). The Morgan fingerprint density at radius 2 is 2.19 bits per heavy atom. The Morgan fingerprint density at radius 3 is 2.81 bits per heavy atom. The van der Waals surface area contributed by atoms with Crippen LogP contribution in [0.15, 0.2) is 28.6 Å². The molecule has 0 radical (unpaired) electrons. The zero-order valence-electron chi connectivity index (χ0n) is 17.9. The lowest BCUT2D eigenvalue weighted by Crippen LogP contribution is -2.48. The van der Waals surface area contributed by atoms with E-state index >= 15 is 0 Å². The summed E-state index contributed by atoms with van der Waals surface area (Å²) in [4.78, 5) is 27.4. The van der Waals surface area contributed by atoms with E-state index in [1.54, 1.807) is 7.11 Å². The number of ether oxygens (including phenoxy) is 1. The van der Waals surface area contributed by atoms with E-state index in [0.29, 0.717) is 24.4 Å². The minimum absolute atomic E-state index is 0.0980. The van der Waals surface area contributed by atoms with Gasteiger partial charge in [-0.1, -0.05) is 6.92 Å². The van der Waals surface area contributed by atoms with Crippen molar-refractivity contribution in [1.29, 1.82) is 0 Å². The number of carboxylic acids is 1. The predicted molar refractivity (Wildman–Crippen MR) is 117 cm³/mol. The lowest BCUT2D eigenvalue weighted by molar-refractivity contribution is -0.380. The number of hydrogen-bond acceptors (Lipinski definition) is 9. The van der Waals surface area contributed by atoms with Crippen LogP contribution in [-0.2, 0) is 4.79 Å². The van der Waals surface area contributed by atoms with Crippen molar-refractivity contribution >= 4 is 38.8 Å². The number of azo groups is 1. The van der Waals surface area contributed by atoms with Crippen molar-refractivity contribution in [2.45, 2.75) is 51.5 Å². The molecule has 0 bridgehead atoms. The molecule has 0 fully saturated rings. The summed E-state index contributed by atoms with van der Waals surface area (Å²) in [6, 6.07) is 3.83. The highest BCUT2D eigenvalue weighted by Crippen LogP contribution is 2.48. The Hall–Kier alpha value is -3.08. The third-order valence-corrected chi connectivity index (χ3v) is 6.20. The molecule has 31 heavy (non-hydrogen) atoms. The second-order valence-corrected chi connectivity index (χ2v) is 9.08. The van der Waals surface area contributed by atoms with Crippen LogP contribution < -0.4 is 9.64 Å². The molecule has 0 amide bonds. The van der Waals surface area contributed by atoms with Gasteiger partial charge in [-0.15, -0.1) is 10.2 Å². The van der Waals surface area contributed by atoms with E-state index in [9.17, 15) is 14.9 Å². The maximum Gasteiger partial charge on any atom is 0.345 e. The maximum absolute atomic E-state index is 11.0. The van der Waals surface area contributed by atoms with Gasteiger partial charge in [0.25, 0.3) is 0 Å². The van der Waals surface area contributed by atoms with E-state index < -0.39 is 10.9 Å². The Morgan fingerprint density at radius 1 is 1.45 bits per heavy atom. The zero-order chi connectivity index (χ0) is 22.8. The number of nitro groups is 1. The van der Waals surface area contributed by atoms with Crippen LogP contribution in [0.5, 0.6) is 5.75 Å². The molecule has 1 aromatic heterocycles. The summed E-state index contributed by atoms with van der Waals surface area (Å²) >= 11 is 0.847. The number of carbonyl (C=O) groups is 1. The molecular formula is C20H25N5O5S. The SMILES string of the molecule is COc1cc2c(cc1N=Nc1ncc([N+](=O)[O-])s1)C(C)CC(C)(C)N2CCCC(=O)O. The van der Waals surface area contributed by atoms with Crippen molar-refractivity contribution in [1.82, 2.24) is 4.98 Å². The molecule has 11 heteroatoms. The van der Waals surface area contributed by atoms with Gasteiger partial charge in [0, 0.05) is 30.3 Å². The topological polar surface area (TPSA) is 131 Å². The first-order valence-corrected chi connectivity index (χ1v) is 10.7. The number of aromatic nitrogens is 1. The molecule has 1 aliphatic heterocycles. The first-order chi connectivity index (χ1) is 14.6. The van der Waals surface area contributed by atoms with E-state index in [2.05, 4.69) is 40.9 Å². The summed E-state index contributed by atoms with van der Waals surface area (Å²) in [5, 5.41) is 28.2. The molecule has 1 aliphatic rings. The van der Waals surface area contributed by atoms with Gasteiger partial charge >= 0.3 is 11.0 Å². The normalized spacial score (nSPS) is 17.5. The number of rotatable bonds is 8. The molecule has 2 aromatic rings. The quantitative estimate of drug-likeness (QED) is 0.324. The van der Waals surface area contributed by atoms with Crippen LogP contribution in [0.2, 0.25) is 0 Å². The number of thiazole rings is 1. The van der Waals surface area contributed by atoms with Crippen LogP contribution in [0.3, 0.4) is 0 Å². The van der Waals surface area contributed by atoms with Crippen molar-refractivity contribution in [3.8, 4) is 5.75 Å². The van der Waals surface area contributed by atoms with Gasteiger partial charge < -0.3 is 14.7 Å². The lowest BCUT2D eigenvalue weighted by Gasteiger charge is -2.47. The number of hydrogen-bond donors (Lipinski definition) is 1. The number of fused-ring (bicyclic) bond motifs is 1.